The van der Waals surface area contributed by atoms with Crippen LogP contribution in [0.4, 0.5) is 9.59 Å². The van der Waals surface area contributed by atoms with Crippen molar-refractivity contribution in [1.29, 1.82) is 0 Å². The highest BCUT2D eigenvalue weighted by Gasteiger charge is 2.41. The third kappa shape index (κ3) is 19.6. The molecule has 0 aliphatic carbocycles. The second kappa shape index (κ2) is 34.0. The number of fused-ring (bicyclic) bond motifs is 8. The van der Waals surface area contributed by atoms with Gasteiger partial charge >= 0.3 is 36.1 Å². The number of hydrogen-bond acceptors (Lipinski definition) is 10. The summed E-state index contributed by atoms with van der Waals surface area (Å²) in [4.78, 5) is 73.7. The molecular weight excluding hydrogens is 1530 g/mol. The Balaban J connectivity index is 0.000000238. The third-order valence-corrected chi connectivity index (χ3v) is 14.1. The van der Waals surface area contributed by atoms with Crippen molar-refractivity contribution in [1.82, 2.24) is 19.6 Å². The normalized spacial score (nSPS) is 23.0. The van der Waals surface area contributed by atoms with E-state index in [2.05, 4.69) is 157 Å². The van der Waals surface area contributed by atoms with Gasteiger partial charge in [0.05, 0.1) is 37.8 Å². The molecule has 0 aromatic heterocycles. The van der Waals surface area contributed by atoms with Gasteiger partial charge in [0.2, 0.25) is 0 Å². The smallest absolute Gasteiger partial charge is 0.410 e. The van der Waals surface area contributed by atoms with Gasteiger partial charge in [-0.25, -0.2) is 9.59 Å². The average molecular weight is 1600 g/mol. The maximum absolute atomic E-state index is 13.2. The van der Waals surface area contributed by atoms with E-state index >= 15 is 0 Å². The fourth-order valence-electron chi connectivity index (χ4n) is 10.4. The molecule has 408 valence electrons. The number of rotatable bonds is 10. The summed E-state index contributed by atoms with van der Waals surface area (Å²) >= 11 is 8.48. The number of hydrogen-bond donors (Lipinski definition) is 4. The second-order valence-electron chi connectivity index (χ2n) is 18.6. The lowest BCUT2D eigenvalue weighted by atomic mass is 9.86. The number of piperidine rings is 6. The highest BCUT2D eigenvalue weighted by molar-refractivity contribution is 15.0. The van der Waals surface area contributed by atoms with E-state index in [-0.39, 0.29) is 86.1 Å². The first-order valence-corrected chi connectivity index (χ1v) is 37.2. The summed E-state index contributed by atoms with van der Waals surface area (Å²) in [6.45, 7) is 7.83. The van der Waals surface area contributed by atoms with Crippen LogP contribution >= 0.6 is 98.4 Å². The molecule has 2 amide bonds. The maximum atomic E-state index is 13.2. The highest BCUT2D eigenvalue weighted by Crippen LogP contribution is 2.39. The van der Waals surface area contributed by atoms with Gasteiger partial charge in [0, 0.05) is 101 Å². The van der Waals surface area contributed by atoms with Gasteiger partial charge in [0.15, 0.2) is 0 Å². The number of aliphatic carboxylic acids is 4. The van der Waals surface area contributed by atoms with Crippen molar-refractivity contribution in [3.63, 3.8) is 0 Å². The number of halogens is 5. The third-order valence-electron chi connectivity index (χ3n) is 14.1. The predicted octanol–water partition coefficient (Wildman–Crippen LogP) is 11.8. The molecule has 0 unspecified atom stereocenters. The van der Waals surface area contributed by atoms with Gasteiger partial charge in [0.25, 0.3) is 0 Å². The molecule has 0 radical (unpaired) electrons. The van der Waals surface area contributed by atoms with Gasteiger partial charge < -0.3 is 29.9 Å². The van der Waals surface area contributed by atoms with Crippen molar-refractivity contribution >= 4 is 135 Å². The predicted molar refractivity (Wildman–Crippen MR) is 330 cm³/mol. The maximum Gasteiger partial charge on any atom is 0.410 e. The summed E-state index contributed by atoms with van der Waals surface area (Å²) < 4.78 is 12.2. The highest BCUT2D eigenvalue weighted by atomic mass is 128. The van der Waals surface area contributed by atoms with Crippen molar-refractivity contribution < 1.29 is 58.7 Å². The number of carbonyl (C=O) groups is 6. The molecule has 6 saturated heterocycles. The van der Waals surface area contributed by atoms with Gasteiger partial charge in [0.1, 0.15) is 12.2 Å². The lowest BCUT2D eigenvalue weighted by Crippen LogP contribution is -2.53. The van der Waals surface area contributed by atoms with E-state index in [1.165, 1.54) is 22.3 Å². The van der Waals surface area contributed by atoms with Gasteiger partial charge in [-0.3, -0.25) is 38.8 Å². The summed E-state index contributed by atoms with van der Waals surface area (Å²) in [6, 6.07) is 37.5. The second-order valence-corrected chi connectivity index (χ2v) is 18.6. The molecule has 21 heteroatoms. The van der Waals surface area contributed by atoms with Crippen LogP contribution in [0.1, 0.15) is 96.8 Å². The summed E-state index contributed by atoms with van der Waals surface area (Å²) in [7, 11) is 0. The number of carbonyl (C=O) groups excluding carboxylic acids is 2. The van der Waals surface area contributed by atoms with E-state index in [1.54, 1.807) is 0 Å². The van der Waals surface area contributed by atoms with E-state index < -0.39 is 23.9 Å². The Kier molecular flexibility index (Phi) is 29.2. The van der Waals surface area contributed by atoms with Gasteiger partial charge in [-0.15, -0.1) is 24.0 Å². The topological polar surface area (TPSA) is 215 Å². The Morgan fingerprint density at radius 3 is 1.01 bits per heavy atom. The Labute approximate surface area is 502 Å². The average Bonchev–Trinajstić information content (AvgIpc) is 3.44. The van der Waals surface area contributed by atoms with Crippen LogP contribution in [0.25, 0.3) is 0 Å². The van der Waals surface area contributed by atoms with E-state index in [4.69, 9.17) is 29.9 Å². The van der Waals surface area contributed by atoms with Crippen LogP contribution in [0.5, 0.6) is 0 Å². The molecule has 16 nitrogen and oxygen atoms in total. The quantitative estimate of drug-likeness (QED) is 0.109. The Bertz CT molecular complexity index is 2240. The first kappa shape index (κ1) is 64.4. The van der Waals surface area contributed by atoms with Crippen LogP contribution in [0.2, 0.25) is 0 Å². The molecule has 4 bridgehead atoms. The van der Waals surface area contributed by atoms with Gasteiger partial charge in [-0.1, -0.05) is 109 Å². The van der Waals surface area contributed by atoms with E-state index in [1.807, 2.05) is 46.2 Å². The minimum atomic E-state index is -1.08. The molecule has 8 aliphatic heterocycles. The number of benzene rings is 4. The van der Waals surface area contributed by atoms with E-state index in [0.29, 0.717) is 24.9 Å². The van der Waals surface area contributed by atoms with Crippen molar-refractivity contribution in [3.05, 3.63) is 143 Å². The molecule has 8 heterocycles. The van der Waals surface area contributed by atoms with Gasteiger partial charge in [-0.05, 0) is 110 Å². The Morgan fingerprint density at radius 2 is 0.733 bits per heavy atom. The Morgan fingerprint density at radius 1 is 0.440 bits per heavy atom. The first-order valence-electron chi connectivity index (χ1n) is 24.6. The monoisotopic (exact) mass is 1600 g/mol. The molecule has 4 aromatic rings. The molecular formula is C54H65I5N4O12. The summed E-state index contributed by atoms with van der Waals surface area (Å²) in [5.74, 6) is -3.24. The van der Waals surface area contributed by atoms with Crippen LogP contribution in [0, 0.1) is 11.8 Å². The van der Waals surface area contributed by atoms with E-state index in [9.17, 15) is 28.8 Å². The first-order chi connectivity index (χ1) is 35.8. The molecule has 12 rings (SSSR count). The fourth-order valence-corrected chi connectivity index (χ4v) is 10.4. The molecule has 6 fully saturated rings. The van der Waals surface area contributed by atoms with Crippen molar-refractivity contribution in [2.24, 2.45) is 11.8 Å². The molecule has 75 heavy (non-hydrogen) atoms. The number of carboxylic acids is 4. The van der Waals surface area contributed by atoms with Crippen LogP contribution in [0.15, 0.2) is 109 Å². The molecule has 4 atom stereocenters. The zero-order valence-corrected chi connectivity index (χ0v) is 52.3. The van der Waals surface area contributed by atoms with E-state index in [0.717, 1.165) is 88.9 Å². The fraction of sp³-hybridized carbons (Fsp3) is 0.444. The van der Waals surface area contributed by atoms with Crippen LogP contribution in [-0.4, -0.2) is 141 Å². The lowest BCUT2D eigenvalue weighted by Gasteiger charge is -2.45. The lowest BCUT2D eigenvalue weighted by molar-refractivity contribution is -0.143. The summed E-state index contributed by atoms with van der Waals surface area (Å²) in [5, 5.41) is 31.6. The van der Waals surface area contributed by atoms with Crippen molar-refractivity contribution in [2.45, 2.75) is 88.5 Å². The van der Waals surface area contributed by atoms with Crippen molar-refractivity contribution in [2.75, 3.05) is 52.4 Å². The van der Waals surface area contributed by atoms with Crippen LogP contribution in [0.3, 0.4) is 0 Å². The van der Waals surface area contributed by atoms with Crippen LogP contribution < -0.4 is 0 Å². The van der Waals surface area contributed by atoms with Crippen molar-refractivity contribution in [3.8, 4) is 0 Å². The standard InChI is InChI=1S/2C23H26N2O2.2C4H6O4.2I2.HI/c2*26-23(27-21-16-24-13-10-18(21)11-14-24)25-15-12-17-6-4-5-9-20(17)22(25)19-7-2-1-3-8-19;2*5-3(6)1-2-4(7)8;2*1-2;/h2*1-9,18,21-22H,10-16H2;2*1-2H2,(H,5,6)(H,7,8);;;1H/t2*21-,22-;;;;;/m00...../s1. The number of nitrogens with zero attached hydrogens (tertiary/aromatic N) is 4. The molecule has 8 aliphatic rings. The largest absolute Gasteiger partial charge is 0.481 e. The van der Waals surface area contributed by atoms with Gasteiger partial charge in [-0.2, -0.15) is 0 Å². The molecule has 4 aromatic carbocycles. The molecule has 4 N–H and O–H groups in total. The zero-order valence-electron chi connectivity index (χ0n) is 41.3. The SMILES string of the molecule is I.II.II.O=C(O)CCC(=O)O.O=C(O)CCC(=O)O.O=C(O[C@H]1CN2CCC1CC2)N1CCc2ccccc2[C@@H]1c1ccccc1.O=C(O[C@H]1CN2CCC1CC2)N1CCc2ccccc2[C@@H]1c1ccccc1. The number of ether oxygens (including phenoxy) is 2. The zero-order chi connectivity index (χ0) is 53.6. The number of amides is 2. The summed E-state index contributed by atoms with van der Waals surface area (Å²) in [5.41, 5.74) is 7.41. The minimum absolute atomic E-state index is 0. The number of carboxylic acid groups (broad SMARTS) is 4. The summed E-state index contributed by atoms with van der Waals surface area (Å²) in [6.07, 6.45) is 4.99. The minimum Gasteiger partial charge on any atom is -0.481 e. The molecule has 0 saturated carbocycles. The molecule has 0 spiro atoms. The Hall–Kier alpha value is -3.13. The van der Waals surface area contributed by atoms with Crippen LogP contribution in [-0.2, 0) is 41.5 Å².